The van der Waals surface area contributed by atoms with Gasteiger partial charge in [0.2, 0.25) is 0 Å². The van der Waals surface area contributed by atoms with E-state index in [1.54, 1.807) is 0 Å². The lowest BCUT2D eigenvalue weighted by molar-refractivity contribution is 0.292. The summed E-state index contributed by atoms with van der Waals surface area (Å²) in [5.74, 6) is 0.383. The molecule has 0 amide bonds. The highest BCUT2D eigenvalue weighted by molar-refractivity contribution is 5.32. The van der Waals surface area contributed by atoms with Crippen LogP contribution in [-0.2, 0) is 6.42 Å². The Morgan fingerprint density at radius 1 is 1.40 bits per heavy atom. The standard InChI is InChI=1S/C13H18FN/c14-12(9-15)8-11-6-3-5-10-4-1-2-7-13(10)11/h1-2,4,7,11-12H,3,5-6,8-9,15H2. The molecule has 0 saturated heterocycles. The van der Waals surface area contributed by atoms with E-state index in [0.29, 0.717) is 12.3 Å². The Labute approximate surface area is 90.5 Å². The molecule has 82 valence electrons. The lowest BCUT2D eigenvalue weighted by Crippen LogP contribution is -2.20. The number of hydrogen-bond acceptors (Lipinski definition) is 1. The highest BCUT2D eigenvalue weighted by atomic mass is 19.1. The van der Waals surface area contributed by atoms with E-state index in [9.17, 15) is 4.39 Å². The van der Waals surface area contributed by atoms with E-state index in [1.807, 2.05) is 6.07 Å². The van der Waals surface area contributed by atoms with Crippen LogP contribution in [0.15, 0.2) is 24.3 Å². The van der Waals surface area contributed by atoms with Crippen LogP contribution in [0.5, 0.6) is 0 Å². The van der Waals surface area contributed by atoms with Crippen molar-refractivity contribution in [2.45, 2.75) is 37.8 Å². The van der Waals surface area contributed by atoms with Crippen molar-refractivity contribution in [3.8, 4) is 0 Å². The molecule has 1 aromatic rings. The molecule has 0 aromatic heterocycles. The summed E-state index contributed by atoms with van der Waals surface area (Å²) in [4.78, 5) is 0. The number of rotatable bonds is 3. The Bertz CT molecular complexity index is 324. The number of aryl methyl sites for hydroxylation is 1. The molecule has 0 spiro atoms. The predicted octanol–water partition coefficient (Wildman–Crippen LogP) is 2.79. The second kappa shape index (κ2) is 4.75. The molecular formula is C13H18FN. The molecule has 0 aliphatic heterocycles. The average molecular weight is 207 g/mol. The van der Waals surface area contributed by atoms with Gasteiger partial charge in [-0.05, 0) is 42.7 Å². The summed E-state index contributed by atoms with van der Waals surface area (Å²) in [6.45, 7) is 0.151. The maximum Gasteiger partial charge on any atom is 0.113 e. The Balaban J connectivity index is 2.15. The minimum Gasteiger partial charge on any atom is -0.328 e. The third-order valence-electron chi connectivity index (χ3n) is 3.29. The molecule has 1 aliphatic rings. The second-order valence-corrected chi connectivity index (χ2v) is 4.36. The normalized spacial score (nSPS) is 22.1. The first-order valence-corrected chi connectivity index (χ1v) is 5.73. The van der Waals surface area contributed by atoms with Gasteiger partial charge in [0, 0.05) is 6.54 Å². The quantitative estimate of drug-likeness (QED) is 0.810. The third-order valence-corrected chi connectivity index (χ3v) is 3.29. The first-order valence-electron chi connectivity index (χ1n) is 5.73. The molecule has 1 nitrogen and oxygen atoms in total. The molecule has 0 radical (unpaired) electrons. The van der Waals surface area contributed by atoms with E-state index < -0.39 is 6.17 Å². The first kappa shape index (κ1) is 10.6. The zero-order valence-corrected chi connectivity index (χ0v) is 8.95. The molecule has 1 aromatic carbocycles. The van der Waals surface area contributed by atoms with Gasteiger partial charge in [-0.15, -0.1) is 0 Å². The first-order chi connectivity index (χ1) is 7.31. The molecule has 2 heteroatoms. The molecular weight excluding hydrogens is 189 g/mol. The maximum absolute atomic E-state index is 13.3. The summed E-state index contributed by atoms with van der Waals surface area (Å²) < 4.78 is 13.3. The minimum absolute atomic E-state index is 0.151. The van der Waals surface area contributed by atoms with Gasteiger partial charge < -0.3 is 5.73 Å². The highest BCUT2D eigenvalue weighted by Crippen LogP contribution is 2.34. The summed E-state index contributed by atoms with van der Waals surface area (Å²) in [5, 5.41) is 0. The smallest absolute Gasteiger partial charge is 0.113 e. The number of nitrogens with two attached hydrogens (primary N) is 1. The molecule has 1 aliphatic carbocycles. The molecule has 0 fully saturated rings. The van der Waals surface area contributed by atoms with E-state index in [0.717, 1.165) is 12.8 Å². The molecule has 0 heterocycles. The van der Waals surface area contributed by atoms with Crippen LogP contribution in [-0.4, -0.2) is 12.7 Å². The largest absolute Gasteiger partial charge is 0.328 e. The van der Waals surface area contributed by atoms with Gasteiger partial charge in [-0.25, -0.2) is 4.39 Å². The van der Waals surface area contributed by atoms with Crippen LogP contribution >= 0.6 is 0 Å². The fraction of sp³-hybridized carbons (Fsp3) is 0.538. The van der Waals surface area contributed by atoms with Crippen LogP contribution < -0.4 is 5.73 Å². The second-order valence-electron chi connectivity index (χ2n) is 4.36. The predicted molar refractivity (Wildman–Crippen MR) is 60.7 cm³/mol. The summed E-state index contributed by atoms with van der Waals surface area (Å²) in [6, 6.07) is 8.42. The fourth-order valence-electron chi connectivity index (χ4n) is 2.50. The van der Waals surface area contributed by atoms with Crippen LogP contribution in [0.2, 0.25) is 0 Å². The van der Waals surface area contributed by atoms with Gasteiger partial charge in [0.15, 0.2) is 0 Å². The van der Waals surface area contributed by atoms with Gasteiger partial charge in [0.25, 0.3) is 0 Å². The van der Waals surface area contributed by atoms with E-state index in [4.69, 9.17) is 5.73 Å². The number of fused-ring (bicyclic) bond motifs is 1. The van der Waals surface area contributed by atoms with Gasteiger partial charge in [0.1, 0.15) is 6.17 Å². The molecule has 2 atom stereocenters. The molecule has 0 bridgehead atoms. The molecule has 2 rings (SSSR count). The van der Waals surface area contributed by atoms with Gasteiger partial charge in [-0.3, -0.25) is 0 Å². The maximum atomic E-state index is 13.3. The van der Waals surface area contributed by atoms with Crippen molar-refractivity contribution in [3.05, 3.63) is 35.4 Å². The summed E-state index contributed by atoms with van der Waals surface area (Å²) >= 11 is 0. The number of benzene rings is 1. The van der Waals surface area contributed by atoms with Crippen LogP contribution in [0.3, 0.4) is 0 Å². The van der Waals surface area contributed by atoms with Gasteiger partial charge >= 0.3 is 0 Å². The van der Waals surface area contributed by atoms with Crippen molar-refractivity contribution in [2.24, 2.45) is 5.73 Å². The van der Waals surface area contributed by atoms with E-state index in [2.05, 4.69) is 18.2 Å². The van der Waals surface area contributed by atoms with Crippen LogP contribution in [0, 0.1) is 0 Å². The van der Waals surface area contributed by atoms with Crippen molar-refractivity contribution in [2.75, 3.05) is 6.54 Å². The van der Waals surface area contributed by atoms with E-state index >= 15 is 0 Å². The zero-order chi connectivity index (χ0) is 10.7. The Kier molecular flexibility index (Phi) is 3.37. The molecule has 15 heavy (non-hydrogen) atoms. The minimum atomic E-state index is -0.846. The van der Waals surface area contributed by atoms with Crippen molar-refractivity contribution < 1.29 is 4.39 Å². The topological polar surface area (TPSA) is 26.0 Å². The van der Waals surface area contributed by atoms with Crippen molar-refractivity contribution in [1.29, 1.82) is 0 Å². The number of halogens is 1. The van der Waals surface area contributed by atoms with Crippen LogP contribution in [0.25, 0.3) is 0 Å². The lowest BCUT2D eigenvalue weighted by atomic mass is 9.80. The third kappa shape index (κ3) is 2.37. The van der Waals surface area contributed by atoms with Crippen molar-refractivity contribution in [3.63, 3.8) is 0 Å². The molecule has 2 unspecified atom stereocenters. The van der Waals surface area contributed by atoms with E-state index in [-0.39, 0.29) is 6.54 Å². The lowest BCUT2D eigenvalue weighted by Gasteiger charge is -2.26. The van der Waals surface area contributed by atoms with Crippen LogP contribution in [0.1, 0.15) is 36.3 Å². The Morgan fingerprint density at radius 3 is 3.00 bits per heavy atom. The SMILES string of the molecule is NCC(F)CC1CCCc2ccccc21. The van der Waals surface area contributed by atoms with Crippen LogP contribution in [0.4, 0.5) is 4.39 Å². The summed E-state index contributed by atoms with van der Waals surface area (Å²) in [7, 11) is 0. The average Bonchev–Trinajstić information content (AvgIpc) is 2.29. The summed E-state index contributed by atoms with van der Waals surface area (Å²) in [5.41, 5.74) is 8.08. The highest BCUT2D eigenvalue weighted by Gasteiger charge is 2.22. The van der Waals surface area contributed by atoms with Gasteiger partial charge in [-0.2, -0.15) is 0 Å². The Hall–Kier alpha value is -0.890. The molecule has 2 N–H and O–H groups in total. The fourth-order valence-corrected chi connectivity index (χ4v) is 2.50. The summed E-state index contributed by atoms with van der Waals surface area (Å²) in [6.07, 6.45) is 3.18. The van der Waals surface area contributed by atoms with Gasteiger partial charge in [-0.1, -0.05) is 24.3 Å². The van der Waals surface area contributed by atoms with Crippen molar-refractivity contribution in [1.82, 2.24) is 0 Å². The van der Waals surface area contributed by atoms with E-state index in [1.165, 1.54) is 17.5 Å². The number of alkyl halides is 1. The van der Waals surface area contributed by atoms with Gasteiger partial charge in [0.05, 0.1) is 0 Å². The van der Waals surface area contributed by atoms with Crippen molar-refractivity contribution >= 4 is 0 Å². The Morgan fingerprint density at radius 2 is 2.20 bits per heavy atom. The monoisotopic (exact) mass is 207 g/mol. The zero-order valence-electron chi connectivity index (χ0n) is 8.95. The number of hydrogen-bond donors (Lipinski definition) is 1. The molecule has 0 saturated carbocycles.